The maximum atomic E-state index is 13.7. The van der Waals surface area contributed by atoms with Crippen molar-refractivity contribution in [3.63, 3.8) is 0 Å². The number of rotatable bonds is 4. The van der Waals surface area contributed by atoms with Crippen molar-refractivity contribution in [1.29, 1.82) is 0 Å². The van der Waals surface area contributed by atoms with Gasteiger partial charge in [-0.2, -0.15) is 0 Å². The second kappa shape index (κ2) is 21.2. The molecule has 8 bridgehead atoms. The van der Waals surface area contributed by atoms with E-state index < -0.39 is 74.1 Å². The summed E-state index contributed by atoms with van der Waals surface area (Å²) in [5.74, 6) is -2.63. The van der Waals surface area contributed by atoms with Crippen LogP contribution in [0.2, 0.25) is 0 Å². The van der Waals surface area contributed by atoms with Gasteiger partial charge in [-0.1, -0.05) is 62.8 Å². The Labute approximate surface area is 386 Å². The maximum Gasteiger partial charge on any atom is 0.328 e. The summed E-state index contributed by atoms with van der Waals surface area (Å²) in [6, 6.07) is 7.88. The zero-order valence-corrected chi connectivity index (χ0v) is 38.9. The van der Waals surface area contributed by atoms with Crippen molar-refractivity contribution in [2.45, 2.75) is 136 Å². The smallest absolute Gasteiger partial charge is 0.328 e. The van der Waals surface area contributed by atoms with E-state index >= 15 is 0 Å². The monoisotopic (exact) mass is 952 g/mol. The minimum atomic E-state index is -3.86. The highest BCUT2D eigenvalue weighted by molar-refractivity contribution is 7.89. The summed E-state index contributed by atoms with van der Waals surface area (Å²) >= 11 is 0. The molecule has 358 valence electrons. The van der Waals surface area contributed by atoms with Gasteiger partial charge in [-0.3, -0.25) is 19.2 Å². The minimum Gasteiger partial charge on any atom is -0.467 e. The van der Waals surface area contributed by atoms with E-state index in [-0.39, 0.29) is 71.7 Å². The number of ether oxygens (including phenoxy) is 2. The van der Waals surface area contributed by atoms with E-state index in [9.17, 15) is 45.6 Å². The third-order valence-corrected chi connectivity index (χ3v) is 16.7. The Morgan fingerprint density at radius 3 is 1.47 bits per heavy atom. The van der Waals surface area contributed by atoms with E-state index in [1.165, 1.54) is 54.4 Å². The molecule has 6 atom stereocenters. The molecule has 2 saturated carbocycles. The number of hydrogen-bond donors (Lipinski definition) is 4. The van der Waals surface area contributed by atoms with Crippen LogP contribution in [0.15, 0.2) is 64.4 Å². The summed E-state index contributed by atoms with van der Waals surface area (Å²) in [5, 5.41) is 5.82. The van der Waals surface area contributed by atoms with Gasteiger partial charge in [0.1, 0.15) is 24.2 Å². The fourth-order valence-corrected chi connectivity index (χ4v) is 12.6. The number of hydrogen-bond acceptors (Lipinski definition) is 12. The molecule has 2 aromatic carbocycles. The van der Waals surface area contributed by atoms with Gasteiger partial charge in [0.2, 0.25) is 43.7 Å². The van der Waals surface area contributed by atoms with Crippen LogP contribution >= 0.6 is 0 Å². The number of carbonyl (C=O) groups excluding carboxylic acids is 6. The predicted octanol–water partition coefficient (Wildman–Crippen LogP) is 2.32. The van der Waals surface area contributed by atoms with E-state index in [1.54, 1.807) is 30.3 Å². The Morgan fingerprint density at radius 1 is 0.576 bits per heavy atom. The molecule has 4 unspecified atom stereocenters. The number of sulfonamides is 2. The molecule has 2 saturated heterocycles. The first-order chi connectivity index (χ1) is 31.6. The van der Waals surface area contributed by atoms with Crippen molar-refractivity contribution >= 4 is 61.7 Å². The lowest BCUT2D eigenvalue weighted by molar-refractivity contribution is -0.152. The zero-order chi connectivity index (χ0) is 47.2. The topological polar surface area (TPSA) is 244 Å². The van der Waals surface area contributed by atoms with Gasteiger partial charge in [0, 0.05) is 37.7 Å². The highest BCUT2D eigenvalue weighted by atomic mass is 32.2. The number of fused-ring (bicyclic) bond motifs is 15. The number of benzene rings is 2. The van der Waals surface area contributed by atoms with E-state index in [0.717, 1.165) is 69.8 Å². The second-order valence-corrected chi connectivity index (χ2v) is 21.5. The van der Waals surface area contributed by atoms with Gasteiger partial charge in [0.05, 0.1) is 24.0 Å². The maximum absolute atomic E-state index is 13.7. The molecule has 10 rings (SSSR count). The second-order valence-electron chi connectivity index (χ2n) is 18.0. The fraction of sp³-hybridized carbons (Fsp3) is 0.565. The summed E-state index contributed by atoms with van der Waals surface area (Å²) in [7, 11) is -5.22. The summed E-state index contributed by atoms with van der Waals surface area (Å²) in [6.45, 7) is 0.0554. The average molecular weight is 953 g/mol. The van der Waals surface area contributed by atoms with Crippen molar-refractivity contribution in [2.75, 3.05) is 27.3 Å². The van der Waals surface area contributed by atoms with Crippen molar-refractivity contribution in [3.05, 3.63) is 65.7 Å². The molecule has 6 aliphatic heterocycles. The van der Waals surface area contributed by atoms with Crippen LogP contribution in [0.1, 0.15) is 94.6 Å². The Hall–Kier alpha value is -5.18. The molecule has 0 aromatic heterocycles. The van der Waals surface area contributed by atoms with Crippen LogP contribution in [0.4, 0.5) is 0 Å². The predicted molar refractivity (Wildman–Crippen MR) is 240 cm³/mol. The lowest BCUT2D eigenvalue weighted by Crippen LogP contribution is -2.55. The van der Waals surface area contributed by atoms with Gasteiger partial charge in [-0.05, 0) is 98.2 Å². The molecule has 2 aliphatic carbocycles. The molecule has 66 heavy (non-hydrogen) atoms. The molecular formula is C46H60N6O12S2. The first-order valence-corrected chi connectivity index (χ1v) is 25.8. The van der Waals surface area contributed by atoms with Gasteiger partial charge < -0.3 is 29.9 Å². The lowest BCUT2D eigenvalue weighted by Gasteiger charge is -2.34. The highest BCUT2D eigenvalue weighted by Gasteiger charge is 2.47. The average Bonchev–Trinajstić information content (AvgIpc) is 3.94. The summed E-state index contributed by atoms with van der Waals surface area (Å²) in [4.78, 5) is 80.9. The highest BCUT2D eigenvalue weighted by Crippen LogP contribution is 2.32. The number of methoxy groups -OCH3 is 2. The lowest BCUT2D eigenvalue weighted by atomic mass is 9.83. The third kappa shape index (κ3) is 11.5. The molecule has 0 spiro atoms. The van der Waals surface area contributed by atoms with Crippen molar-refractivity contribution in [2.24, 2.45) is 11.8 Å². The van der Waals surface area contributed by atoms with Crippen LogP contribution in [0.5, 0.6) is 0 Å². The van der Waals surface area contributed by atoms with Gasteiger partial charge in [-0.15, -0.1) is 0 Å². The van der Waals surface area contributed by atoms with Crippen LogP contribution in [0.3, 0.4) is 0 Å². The molecule has 2 aromatic rings. The van der Waals surface area contributed by atoms with Crippen molar-refractivity contribution in [3.8, 4) is 0 Å². The molecule has 4 N–H and O–H groups in total. The zero-order valence-electron chi connectivity index (χ0n) is 37.3. The van der Waals surface area contributed by atoms with Crippen LogP contribution < -0.4 is 20.1 Å². The van der Waals surface area contributed by atoms with Crippen LogP contribution in [-0.4, -0.2) is 126 Å². The Morgan fingerprint density at radius 2 is 1.02 bits per heavy atom. The first-order valence-electron chi connectivity index (χ1n) is 22.8. The molecule has 6 heterocycles. The Balaban J connectivity index is 0.000000196. The normalized spacial score (nSPS) is 28.4. The van der Waals surface area contributed by atoms with E-state index in [1.807, 2.05) is 0 Å². The van der Waals surface area contributed by atoms with Crippen molar-refractivity contribution in [1.82, 2.24) is 29.9 Å². The van der Waals surface area contributed by atoms with Gasteiger partial charge in [0.25, 0.3) is 0 Å². The fourth-order valence-electron chi connectivity index (χ4n) is 10.1. The first kappa shape index (κ1) is 48.7. The number of amides is 4. The van der Waals surface area contributed by atoms with Gasteiger partial charge in [-0.25, -0.2) is 35.9 Å². The molecule has 20 heteroatoms. The number of nitrogens with one attached hydrogen (secondary N) is 4. The molecule has 4 fully saturated rings. The summed E-state index contributed by atoms with van der Waals surface area (Å²) < 4.78 is 66.8. The van der Waals surface area contributed by atoms with Crippen molar-refractivity contribution < 1.29 is 55.1 Å². The molecule has 4 amide bonds. The number of nitrogens with zero attached hydrogens (tertiary/aromatic N) is 2. The van der Waals surface area contributed by atoms with Gasteiger partial charge in [0.15, 0.2) is 0 Å². The summed E-state index contributed by atoms with van der Waals surface area (Å²) in [6.07, 6.45) is 13.1. The van der Waals surface area contributed by atoms with Crippen LogP contribution in [0, 0.1) is 11.8 Å². The summed E-state index contributed by atoms with van der Waals surface area (Å²) in [5.41, 5.74) is 1.51. The molecule has 0 radical (unpaired) electrons. The number of carbonyl (C=O) groups is 6. The Bertz CT molecular complexity index is 2380. The van der Waals surface area contributed by atoms with E-state index in [4.69, 9.17) is 9.47 Å². The third-order valence-electron chi connectivity index (χ3n) is 13.6. The SMILES string of the molecule is COC(=O)C1C[C@@H]2CN1C(=O)C(C1CCCCC1)NC(=O)C=Cc1ccc(cc1)S(=O)(=O)N2.COC(=O)C1C[C@@H]2CN1C(=O)C(C1CCCCC1)NC(=O)CCc1ccc(cc1)S(=O)(=O)N2. The standard InChI is InChI=1S/C23H31N3O6S.C23H29N3O6S/c2*1-32-23(29)19-13-17-14-26(19)22(28)21(16-5-3-2-4-6-16)24-20(27)12-9-15-7-10-18(11-8-15)33(30,31)25-17/h7-8,10-11,16-17,19,21,25H,2-6,9,12-14H2,1H3,(H,24,27);7-12,16-17,19,21,25H,2-6,13-14H2,1H3,(H,24,27)/t2*17-,19?,21?/m11/s1. The molecule has 8 aliphatic rings. The van der Waals surface area contributed by atoms with E-state index in [0.29, 0.717) is 12.0 Å². The van der Waals surface area contributed by atoms with Gasteiger partial charge >= 0.3 is 11.9 Å². The molecular weight excluding hydrogens is 893 g/mol. The van der Waals surface area contributed by atoms with E-state index in [2.05, 4.69) is 20.1 Å². The minimum absolute atomic E-state index is 0.0150. The quantitative estimate of drug-likeness (QED) is 0.323. The number of aryl methyl sites for hydroxylation is 1. The number of esters is 2. The van der Waals surface area contributed by atoms with Crippen LogP contribution in [0.25, 0.3) is 6.08 Å². The molecule has 18 nitrogen and oxygen atoms in total. The van der Waals surface area contributed by atoms with Crippen LogP contribution in [-0.2, 0) is 64.7 Å². The largest absolute Gasteiger partial charge is 0.467 e. The Kier molecular flexibility index (Phi) is 15.7.